The highest BCUT2D eigenvalue weighted by Crippen LogP contribution is 2.24. The number of hydrogen-bond acceptors (Lipinski definition) is 5. The van der Waals surface area contributed by atoms with E-state index in [0.29, 0.717) is 23.2 Å². The van der Waals surface area contributed by atoms with Gasteiger partial charge < -0.3 is 4.98 Å². The van der Waals surface area contributed by atoms with Crippen LogP contribution >= 0.6 is 27.7 Å². The van der Waals surface area contributed by atoms with Crippen LogP contribution in [0.2, 0.25) is 0 Å². The second kappa shape index (κ2) is 5.57. The molecule has 0 aromatic carbocycles. The van der Waals surface area contributed by atoms with Crippen molar-refractivity contribution in [2.24, 2.45) is 0 Å². The first-order valence-electron chi connectivity index (χ1n) is 5.19. The number of aromatic amines is 2. The van der Waals surface area contributed by atoms with Crippen molar-refractivity contribution in [2.75, 3.05) is 6.26 Å². The summed E-state index contributed by atoms with van der Waals surface area (Å²) in [6.07, 6.45) is 3.55. The van der Waals surface area contributed by atoms with Crippen molar-refractivity contribution in [2.45, 2.75) is 11.7 Å². The fourth-order valence-corrected chi connectivity index (χ4v) is 2.42. The van der Waals surface area contributed by atoms with Crippen LogP contribution in [0.4, 0.5) is 0 Å². The maximum absolute atomic E-state index is 11.6. The van der Waals surface area contributed by atoms with E-state index in [2.05, 4.69) is 42.7 Å². The zero-order valence-electron chi connectivity index (χ0n) is 9.94. The zero-order chi connectivity index (χ0) is 14.0. The number of allylic oxidation sites excluding steroid dienone is 1. The summed E-state index contributed by atoms with van der Waals surface area (Å²) < 4.78 is 1.96. The fraction of sp³-hybridized carbons (Fsp3) is 0.200. The molecule has 100 valence electrons. The van der Waals surface area contributed by atoms with Gasteiger partial charge in [0.15, 0.2) is 11.0 Å². The van der Waals surface area contributed by atoms with Crippen LogP contribution in [0.3, 0.4) is 0 Å². The molecule has 9 heteroatoms. The van der Waals surface area contributed by atoms with Crippen LogP contribution in [0, 0.1) is 0 Å². The predicted molar refractivity (Wildman–Crippen MR) is 76.4 cm³/mol. The van der Waals surface area contributed by atoms with Gasteiger partial charge in [0.05, 0.1) is 0 Å². The number of halogens is 1. The number of aromatic nitrogens is 5. The first kappa shape index (κ1) is 13.8. The van der Waals surface area contributed by atoms with Crippen LogP contribution in [0.5, 0.6) is 0 Å². The Kier molecular flexibility index (Phi) is 4.05. The molecular formula is C10H10BrN5O2S. The Morgan fingerprint density at radius 3 is 2.79 bits per heavy atom. The van der Waals surface area contributed by atoms with E-state index in [4.69, 9.17) is 0 Å². The van der Waals surface area contributed by atoms with E-state index in [1.54, 1.807) is 10.6 Å². The first-order valence-corrected chi connectivity index (χ1v) is 7.20. The van der Waals surface area contributed by atoms with E-state index in [1.807, 2.05) is 6.26 Å². The lowest BCUT2D eigenvalue weighted by Gasteiger charge is -2.06. The lowest BCUT2D eigenvalue weighted by molar-refractivity contribution is 0.729. The molecule has 0 aliphatic rings. The van der Waals surface area contributed by atoms with Gasteiger partial charge in [-0.2, -0.15) is 0 Å². The van der Waals surface area contributed by atoms with Crippen molar-refractivity contribution in [1.29, 1.82) is 0 Å². The maximum atomic E-state index is 11.6. The van der Waals surface area contributed by atoms with Gasteiger partial charge in [0, 0.05) is 6.54 Å². The van der Waals surface area contributed by atoms with Crippen LogP contribution in [0.15, 0.2) is 31.9 Å². The molecule has 0 amide bonds. The molecule has 0 atom stereocenters. The summed E-state index contributed by atoms with van der Waals surface area (Å²) >= 11 is 4.55. The average Bonchev–Trinajstić information content (AvgIpc) is 2.77. The first-order chi connectivity index (χ1) is 9.08. The number of nitrogens with one attached hydrogen (secondary N) is 2. The highest BCUT2D eigenvalue weighted by atomic mass is 79.9. The van der Waals surface area contributed by atoms with Crippen molar-refractivity contribution in [3.63, 3.8) is 0 Å². The minimum absolute atomic E-state index is 0.206. The standard InChI is InChI=1S/C10H10BrN5O2S/c1-3-4-16-7(14-15-10(16)19-2)6-5(11)8(17)13-9(18)12-6/h3H,1,4H2,2H3,(H2,12,13,17,18). The third kappa shape index (κ3) is 2.56. The monoisotopic (exact) mass is 343 g/mol. The van der Waals surface area contributed by atoms with Crippen LogP contribution < -0.4 is 11.2 Å². The molecule has 0 bridgehead atoms. The van der Waals surface area contributed by atoms with Gasteiger partial charge in [-0.3, -0.25) is 14.3 Å². The molecule has 0 aliphatic carbocycles. The molecule has 0 unspecified atom stereocenters. The smallest absolute Gasteiger partial charge is 0.303 e. The Bertz CT molecular complexity index is 732. The quantitative estimate of drug-likeness (QED) is 0.637. The summed E-state index contributed by atoms with van der Waals surface area (Å²) in [5.41, 5.74) is -0.817. The molecule has 0 fully saturated rings. The van der Waals surface area contributed by atoms with Gasteiger partial charge in [0.1, 0.15) is 10.2 Å². The SMILES string of the molecule is C=CCn1c(SC)nnc1-c1[nH]c(=O)[nH]c(=O)c1Br. The average molecular weight is 344 g/mol. The summed E-state index contributed by atoms with van der Waals surface area (Å²) in [5, 5.41) is 8.68. The molecule has 2 heterocycles. The van der Waals surface area contributed by atoms with E-state index in [-0.39, 0.29) is 4.47 Å². The van der Waals surface area contributed by atoms with Crippen LogP contribution in [-0.4, -0.2) is 31.0 Å². The second-order valence-corrected chi connectivity index (χ2v) is 5.07. The Morgan fingerprint density at radius 1 is 1.42 bits per heavy atom. The van der Waals surface area contributed by atoms with Crippen molar-refractivity contribution >= 4 is 27.7 Å². The van der Waals surface area contributed by atoms with Crippen LogP contribution in [0.25, 0.3) is 11.5 Å². The van der Waals surface area contributed by atoms with Gasteiger partial charge in [0.25, 0.3) is 5.56 Å². The minimum Gasteiger partial charge on any atom is -0.303 e. The van der Waals surface area contributed by atoms with Gasteiger partial charge >= 0.3 is 5.69 Å². The van der Waals surface area contributed by atoms with E-state index >= 15 is 0 Å². The number of hydrogen-bond donors (Lipinski definition) is 2. The van der Waals surface area contributed by atoms with Crippen molar-refractivity contribution < 1.29 is 0 Å². The van der Waals surface area contributed by atoms with E-state index in [9.17, 15) is 9.59 Å². The van der Waals surface area contributed by atoms with Gasteiger partial charge in [-0.15, -0.1) is 16.8 Å². The van der Waals surface area contributed by atoms with Gasteiger partial charge in [0.2, 0.25) is 0 Å². The van der Waals surface area contributed by atoms with E-state index < -0.39 is 11.2 Å². The predicted octanol–water partition coefficient (Wildman–Crippen LogP) is 0.992. The second-order valence-electron chi connectivity index (χ2n) is 3.51. The lowest BCUT2D eigenvalue weighted by Crippen LogP contribution is -2.24. The summed E-state index contributed by atoms with van der Waals surface area (Å²) in [6.45, 7) is 4.14. The topological polar surface area (TPSA) is 96.4 Å². The van der Waals surface area contributed by atoms with Gasteiger partial charge in [-0.05, 0) is 22.2 Å². The van der Waals surface area contributed by atoms with Crippen LogP contribution in [-0.2, 0) is 6.54 Å². The summed E-state index contributed by atoms with van der Waals surface area (Å²) in [4.78, 5) is 27.6. The molecule has 0 saturated carbocycles. The molecular weight excluding hydrogens is 334 g/mol. The molecule has 19 heavy (non-hydrogen) atoms. The largest absolute Gasteiger partial charge is 0.326 e. The Labute approximate surface area is 120 Å². The fourth-order valence-electron chi connectivity index (χ4n) is 1.54. The summed E-state index contributed by atoms with van der Waals surface area (Å²) in [5.74, 6) is 0.402. The highest BCUT2D eigenvalue weighted by molar-refractivity contribution is 9.10. The Hall–Kier alpha value is -1.61. The number of nitrogens with zero attached hydrogens (tertiary/aromatic N) is 3. The molecule has 0 saturated heterocycles. The normalized spacial score (nSPS) is 10.6. The summed E-state index contributed by atoms with van der Waals surface area (Å²) in [7, 11) is 0. The molecule has 0 radical (unpaired) electrons. The number of thioether (sulfide) groups is 1. The molecule has 2 aromatic heterocycles. The molecule has 7 nitrogen and oxygen atoms in total. The Morgan fingerprint density at radius 2 is 2.16 bits per heavy atom. The van der Waals surface area contributed by atoms with Crippen molar-refractivity contribution in [3.05, 3.63) is 38.0 Å². The van der Waals surface area contributed by atoms with E-state index in [1.165, 1.54) is 11.8 Å². The Balaban J connectivity index is 2.72. The number of H-pyrrole nitrogens is 2. The summed E-state index contributed by atoms with van der Waals surface area (Å²) in [6, 6.07) is 0. The molecule has 0 aliphatic heterocycles. The third-order valence-corrected chi connectivity index (χ3v) is 3.74. The molecule has 2 N–H and O–H groups in total. The minimum atomic E-state index is -0.595. The lowest BCUT2D eigenvalue weighted by atomic mass is 10.3. The van der Waals surface area contributed by atoms with Crippen LogP contribution in [0.1, 0.15) is 0 Å². The van der Waals surface area contributed by atoms with Crippen molar-refractivity contribution in [3.8, 4) is 11.5 Å². The molecule has 2 aromatic rings. The zero-order valence-corrected chi connectivity index (χ0v) is 12.3. The third-order valence-electron chi connectivity index (χ3n) is 2.32. The molecule has 0 spiro atoms. The number of rotatable bonds is 4. The van der Waals surface area contributed by atoms with Gasteiger partial charge in [-0.25, -0.2) is 4.79 Å². The molecule has 2 rings (SSSR count). The van der Waals surface area contributed by atoms with Gasteiger partial charge in [-0.1, -0.05) is 17.8 Å². The highest BCUT2D eigenvalue weighted by Gasteiger charge is 2.17. The van der Waals surface area contributed by atoms with E-state index in [0.717, 1.165) is 0 Å². The van der Waals surface area contributed by atoms with Crippen molar-refractivity contribution in [1.82, 2.24) is 24.7 Å². The maximum Gasteiger partial charge on any atom is 0.326 e.